The van der Waals surface area contributed by atoms with Crippen molar-refractivity contribution in [3.8, 4) is 0 Å². The highest BCUT2D eigenvalue weighted by molar-refractivity contribution is 6.91. The summed E-state index contributed by atoms with van der Waals surface area (Å²) in [6, 6.07) is 16.4. The van der Waals surface area contributed by atoms with E-state index in [1.54, 1.807) is 5.19 Å². The lowest BCUT2D eigenvalue weighted by atomic mass is 10.2. The number of hydrogen-bond donors (Lipinski definition) is 0. The van der Waals surface area contributed by atoms with Crippen molar-refractivity contribution >= 4 is 13.3 Å². The third-order valence-electron chi connectivity index (χ3n) is 5.91. The van der Waals surface area contributed by atoms with E-state index in [9.17, 15) is 0 Å². The minimum absolute atomic E-state index is 1.32. The second-order valence-electron chi connectivity index (χ2n) is 8.08. The second-order valence-corrected chi connectivity index (χ2v) is 12.7. The molecule has 0 bridgehead atoms. The maximum absolute atomic E-state index is 2.48. The van der Waals surface area contributed by atoms with Crippen molar-refractivity contribution in [2.24, 2.45) is 0 Å². The van der Waals surface area contributed by atoms with Gasteiger partial charge in [0.15, 0.2) is 0 Å². The van der Waals surface area contributed by atoms with Gasteiger partial charge in [0, 0.05) is 0 Å². The summed E-state index contributed by atoms with van der Waals surface area (Å²) >= 11 is 0. The molecule has 0 spiro atoms. The summed E-state index contributed by atoms with van der Waals surface area (Å²) in [5.41, 5.74) is 0. The van der Waals surface area contributed by atoms with E-state index in [0.717, 1.165) is 0 Å². The highest BCUT2D eigenvalue weighted by atomic mass is 28.3. The molecule has 0 unspecified atom stereocenters. The zero-order chi connectivity index (χ0) is 18.2. The first-order valence-electron chi connectivity index (χ1n) is 11.3. The lowest BCUT2D eigenvalue weighted by molar-refractivity contribution is 0.668. The van der Waals surface area contributed by atoms with Crippen LogP contribution >= 0.6 is 0 Å². The van der Waals surface area contributed by atoms with Gasteiger partial charge in [0.25, 0.3) is 0 Å². The van der Waals surface area contributed by atoms with Crippen LogP contribution in [-0.2, 0) is 0 Å². The molecule has 144 valence electrons. The maximum atomic E-state index is 2.48. The molecule has 0 amide bonds. The third-order valence-corrected chi connectivity index (χ3v) is 11.4. The van der Waals surface area contributed by atoms with Crippen LogP contribution in [0.2, 0.25) is 18.1 Å². The molecule has 0 aromatic heterocycles. The molecule has 0 N–H and O–H groups in total. The van der Waals surface area contributed by atoms with Gasteiger partial charge in [-0.1, -0.05) is 151 Å². The molecular weight excluding hydrogens is 316 g/mol. The lowest BCUT2D eigenvalue weighted by Crippen LogP contribution is -2.47. The standard InChI is InChI=1S/C24H44Si/c1-4-7-10-16-21-25(22-17-11-8-5-2,23-18-12-9-6-3)24-19-14-13-15-20-24/h13-15,19-20H,4-12,16-18,21-23H2,1-3H3. The molecule has 0 aliphatic heterocycles. The Morgan fingerprint density at radius 2 is 0.920 bits per heavy atom. The van der Waals surface area contributed by atoms with Crippen LogP contribution in [0.5, 0.6) is 0 Å². The van der Waals surface area contributed by atoms with Gasteiger partial charge in [-0.25, -0.2) is 0 Å². The van der Waals surface area contributed by atoms with Gasteiger partial charge in [0.05, 0.1) is 8.07 Å². The van der Waals surface area contributed by atoms with E-state index >= 15 is 0 Å². The van der Waals surface area contributed by atoms with Gasteiger partial charge in [0.1, 0.15) is 0 Å². The molecular formula is C24H44Si. The highest BCUT2D eigenvalue weighted by Gasteiger charge is 2.33. The first kappa shape index (κ1) is 22.5. The van der Waals surface area contributed by atoms with Crippen molar-refractivity contribution in [3.63, 3.8) is 0 Å². The molecule has 0 aliphatic rings. The van der Waals surface area contributed by atoms with E-state index in [1.165, 1.54) is 95.2 Å². The van der Waals surface area contributed by atoms with Gasteiger partial charge in [-0.3, -0.25) is 0 Å². The average molecular weight is 361 g/mol. The lowest BCUT2D eigenvalue weighted by Gasteiger charge is -2.33. The predicted molar refractivity (Wildman–Crippen MR) is 119 cm³/mol. The van der Waals surface area contributed by atoms with Gasteiger partial charge in [-0.05, 0) is 0 Å². The summed E-state index contributed by atoms with van der Waals surface area (Å²) in [4.78, 5) is 0. The van der Waals surface area contributed by atoms with E-state index in [-0.39, 0.29) is 0 Å². The molecule has 0 saturated heterocycles. The zero-order valence-corrected chi connectivity index (χ0v) is 18.5. The van der Waals surface area contributed by atoms with E-state index in [0.29, 0.717) is 0 Å². The molecule has 1 aromatic carbocycles. The first-order valence-corrected chi connectivity index (χ1v) is 14.0. The summed E-state index contributed by atoms with van der Waals surface area (Å²) in [6.45, 7) is 6.99. The average Bonchev–Trinajstić information content (AvgIpc) is 2.66. The van der Waals surface area contributed by atoms with Crippen LogP contribution in [0.3, 0.4) is 0 Å². The molecule has 1 heteroatoms. The van der Waals surface area contributed by atoms with Crippen molar-refractivity contribution in [3.05, 3.63) is 30.3 Å². The summed E-state index contributed by atoms with van der Waals surface area (Å²) in [7, 11) is -1.32. The third kappa shape index (κ3) is 9.08. The van der Waals surface area contributed by atoms with Crippen LogP contribution in [0, 0.1) is 0 Å². The fraction of sp³-hybridized carbons (Fsp3) is 0.750. The summed E-state index contributed by atoms with van der Waals surface area (Å²) < 4.78 is 0. The SMILES string of the molecule is CCCCCC[Si](CCCCCC)(CCCCCC)c1ccccc1. The molecule has 1 rings (SSSR count). The molecule has 0 nitrogen and oxygen atoms in total. The molecule has 0 atom stereocenters. The fourth-order valence-corrected chi connectivity index (χ4v) is 9.57. The Balaban J connectivity index is 2.82. The van der Waals surface area contributed by atoms with E-state index < -0.39 is 8.07 Å². The zero-order valence-electron chi connectivity index (χ0n) is 17.5. The van der Waals surface area contributed by atoms with Crippen molar-refractivity contribution in [2.75, 3.05) is 0 Å². The summed E-state index contributed by atoms with van der Waals surface area (Å²) in [5, 5.41) is 1.76. The Morgan fingerprint density at radius 1 is 0.520 bits per heavy atom. The van der Waals surface area contributed by atoms with Gasteiger partial charge < -0.3 is 0 Å². The Kier molecular flexibility index (Phi) is 13.1. The molecule has 1 aromatic rings. The highest BCUT2D eigenvalue weighted by Crippen LogP contribution is 2.29. The monoisotopic (exact) mass is 360 g/mol. The number of hydrogen-bond acceptors (Lipinski definition) is 0. The van der Waals surface area contributed by atoms with Crippen LogP contribution in [0.4, 0.5) is 0 Å². The number of unbranched alkanes of at least 4 members (excludes halogenated alkanes) is 9. The first-order chi connectivity index (χ1) is 12.3. The fourth-order valence-electron chi connectivity index (χ4n) is 4.27. The van der Waals surface area contributed by atoms with Crippen molar-refractivity contribution in [1.29, 1.82) is 0 Å². The maximum Gasteiger partial charge on any atom is 0.0867 e. The number of benzene rings is 1. The smallest absolute Gasteiger partial charge is 0.0654 e. The van der Waals surface area contributed by atoms with Crippen molar-refractivity contribution in [1.82, 2.24) is 0 Å². The van der Waals surface area contributed by atoms with Crippen LogP contribution in [0.1, 0.15) is 97.8 Å². The minimum Gasteiger partial charge on any atom is -0.0654 e. The molecule has 0 heterocycles. The normalized spacial score (nSPS) is 11.8. The largest absolute Gasteiger partial charge is 0.0867 e. The van der Waals surface area contributed by atoms with Gasteiger partial charge in [-0.15, -0.1) is 0 Å². The van der Waals surface area contributed by atoms with E-state index in [2.05, 4.69) is 51.1 Å². The van der Waals surface area contributed by atoms with Crippen LogP contribution < -0.4 is 5.19 Å². The second kappa shape index (κ2) is 14.6. The van der Waals surface area contributed by atoms with Gasteiger partial charge in [0.2, 0.25) is 0 Å². The summed E-state index contributed by atoms with van der Waals surface area (Å²) in [6.07, 6.45) is 17.1. The Morgan fingerprint density at radius 3 is 1.28 bits per heavy atom. The Bertz CT molecular complexity index is 367. The van der Waals surface area contributed by atoms with Crippen LogP contribution in [0.25, 0.3) is 0 Å². The Labute approximate surface area is 159 Å². The van der Waals surface area contributed by atoms with E-state index in [4.69, 9.17) is 0 Å². The van der Waals surface area contributed by atoms with Crippen molar-refractivity contribution in [2.45, 2.75) is 116 Å². The quantitative estimate of drug-likeness (QED) is 0.206. The predicted octanol–water partition coefficient (Wildman–Crippen LogP) is 8.08. The summed E-state index contributed by atoms with van der Waals surface area (Å²) in [5.74, 6) is 0. The topological polar surface area (TPSA) is 0 Å². The molecule has 25 heavy (non-hydrogen) atoms. The molecule has 0 aliphatic carbocycles. The van der Waals surface area contributed by atoms with Crippen LogP contribution in [0.15, 0.2) is 30.3 Å². The van der Waals surface area contributed by atoms with Gasteiger partial charge in [-0.2, -0.15) is 0 Å². The van der Waals surface area contributed by atoms with E-state index in [1.807, 2.05) is 0 Å². The Hall–Kier alpha value is -0.563. The van der Waals surface area contributed by atoms with Crippen molar-refractivity contribution < 1.29 is 0 Å². The van der Waals surface area contributed by atoms with Crippen LogP contribution in [-0.4, -0.2) is 8.07 Å². The minimum atomic E-state index is -1.32. The number of rotatable bonds is 16. The molecule has 0 radical (unpaired) electrons. The molecule has 0 fully saturated rings. The molecule has 0 saturated carbocycles. The van der Waals surface area contributed by atoms with Gasteiger partial charge >= 0.3 is 0 Å².